The molecule has 34 heavy (non-hydrogen) atoms. The minimum Gasteiger partial charge on any atom is -0.489 e. The highest BCUT2D eigenvalue weighted by Crippen LogP contribution is 2.48. The van der Waals surface area contributed by atoms with E-state index >= 15 is 0 Å². The number of pyridine rings is 1. The molecule has 0 bridgehead atoms. The number of hydrogen-bond acceptors (Lipinski definition) is 9. The summed E-state index contributed by atoms with van der Waals surface area (Å²) in [4.78, 5) is 51.3. The molecule has 0 aliphatic carbocycles. The monoisotopic (exact) mass is 486 g/mol. The van der Waals surface area contributed by atoms with E-state index in [0.29, 0.717) is 16.1 Å². The fraction of sp³-hybridized carbons (Fsp3) is 0.286. The maximum absolute atomic E-state index is 12.7. The van der Waals surface area contributed by atoms with Crippen molar-refractivity contribution in [1.82, 2.24) is 9.65 Å². The van der Waals surface area contributed by atoms with Crippen molar-refractivity contribution < 1.29 is 37.8 Å². The second-order valence-electron chi connectivity index (χ2n) is 7.57. The number of nitriles is 1. The van der Waals surface area contributed by atoms with Gasteiger partial charge in [-0.15, -0.1) is 0 Å². The van der Waals surface area contributed by atoms with Crippen LogP contribution in [0, 0.1) is 11.3 Å². The maximum atomic E-state index is 12.7. The van der Waals surface area contributed by atoms with Crippen LogP contribution in [0.1, 0.15) is 19.5 Å². The van der Waals surface area contributed by atoms with Crippen LogP contribution >= 0.6 is 7.75 Å². The average molecular weight is 486 g/mol. The van der Waals surface area contributed by atoms with Crippen LogP contribution in [0.2, 0.25) is 0 Å². The predicted molar refractivity (Wildman–Crippen MR) is 115 cm³/mol. The number of hydrogen-bond donors (Lipinski definition) is 1. The fourth-order valence-corrected chi connectivity index (χ4v) is 4.95. The minimum atomic E-state index is -4.79. The number of carbonyl (C=O) groups is 3. The number of fused-ring (bicyclic) bond motifs is 3. The summed E-state index contributed by atoms with van der Waals surface area (Å²) in [7, 11) is -4.79. The van der Waals surface area contributed by atoms with Crippen LogP contribution in [0.25, 0.3) is 11.1 Å². The Balaban J connectivity index is 1.58. The Morgan fingerprint density at radius 2 is 2.06 bits per heavy atom. The molecule has 2 aliphatic heterocycles. The Labute approximate surface area is 193 Å². The van der Waals surface area contributed by atoms with Gasteiger partial charge in [0.15, 0.2) is 0 Å². The molecule has 3 atom stereocenters. The summed E-state index contributed by atoms with van der Waals surface area (Å²) in [6.07, 6.45) is -0.169. The third-order valence-electron chi connectivity index (χ3n) is 5.32. The van der Waals surface area contributed by atoms with Crippen LogP contribution in [-0.2, 0) is 23.4 Å². The van der Waals surface area contributed by atoms with Gasteiger partial charge in [0, 0.05) is 25.6 Å². The summed E-state index contributed by atoms with van der Waals surface area (Å²) >= 11 is 0. The molecule has 0 radical (unpaired) electrons. The Hall–Kier alpha value is -3.94. The quantitative estimate of drug-likeness (QED) is 0.621. The third kappa shape index (κ3) is 4.31. The van der Waals surface area contributed by atoms with Crippen LogP contribution in [0.5, 0.6) is 5.75 Å². The molecule has 1 aromatic heterocycles. The zero-order valence-corrected chi connectivity index (χ0v) is 19.0. The topological polar surface area (TPSA) is 159 Å². The summed E-state index contributed by atoms with van der Waals surface area (Å²) in [5.41, 5.74) is 2.21. The van der Waals surface area contributed by atoms with E-state index in [1.807, 2.05) is 6.07 Å². The summed E-state index contributed by atoms with van der Waals surface area (Å²) in [5.74, 6) is -1.46. The second kappa shape index (κ2) is 8.78. The van der Waals surface area contributed by atoms with Crippen molar-refractivity contribution in [2.24, 2.45) is 0 Å². The highest BCUT2D eigenvalue weighted by molar-refractivity contribution is 7.51. The molecule has 2 amide bonds. The van der Waals surface area contributed by atoms with Crippen LogP contribution in [0.4, 0.5) is 10.5 Å². The van der Waals surface area contributed by atoms with Crippen molar-refractivity contribution in [1.29, 1.82) is 5.26 Å². The molecule has 2 aromatic rings. The molecule has 1 fully saturated rings. The van der Waals surface area contributed by atoms with Gasteiger partial charge in [0.05, 0.1) is 12.2 Å². The lowest BCUT2D eigenvalue weighted by atomic mass is 10.0. The number of carbonyl (C=O) groups excluding carboxylic acids is 3. The van der Waals surface area contributed by atoms with Crippen molar-refractivity contribution in [3.8, 4) is 22.9 Å². The molecule has 3 heterocycles. The lowest BCUT2D eigenvalue weighted by molar-refractivity contribution is -0.134. The maximum Gasteiger partial charge on any atom is 0.490 e. The summed E-state index contributed by atoms with van der Waals surface area (Å²) < 4.78 is 28.6. The first-order valence-corrected chi connectivity index (χ1v) is 11.6. The van der Waals surface area contributed by atoms with Gasteiger partial charge in [0.1, 0.15) is 36.3 Å². The molecule has 0 saturated carbocycles. The predicted octanol–water partition coefficient (Wildman–Crippen LogP) is 2.22. The van der Waals surface area contributed by atoms with Crippen LogP contribution in [0.3, 0.4) is 0 Å². The normalized spacial score (nSPS) is 20.1. The van der Waals surface area contributed by atoms with E-state index in [9.17, 15) is 23.8 Å². The molecule has 2 unspecified atom stereocenters. The van der Waals surface area contributed by atoms with Crippen molar-refractivity contribution in [2.45, 2.75) is 26.0 Å². The molecular weight excluding hydrogens is 467 g/mol. The lowest BCUT2D eigenvalue weighted by Gasteiger charge is -2.33. The number of aromatic nitrogens is 1. The van der Waals surface area contributed by atoms with Crippen LogP contribution in [0.15, 0.2) is 36.5 Å². The smallest absolute Gasteiger partial charge is 0.489 e. The zero-order valence-electron chi connectivity index (χ0n) is 18.1. The highest BCUT2D eigenvalue weighted by Gasteiger charge is 2.49. The summed E-state index contributed by atoms with van der Waals surface area (Å²) in [6, 6.07) is 9.72. The first-order chi connectivity index (χ1) is 16.1. The van der Waals surface area contributed by atoms with Crippen molar-refractivity contribution in [2.75, 3.05) is 18.1 Å². The first-order valence-electron chi connectivity index (χ1n) is 10.1. The fourth-order valence-electron chi connectivity index (χ4n) is 3.80. The first kappa shape index (κ1) is 23.2. The number of amides is 2. The molecule has 4 rings (SSSR count). The summed E-state index contributed by atoms with van der Waals surface area (Å²) in [5, 5.41) is 8.90. The van der Waals surface area contributed by atoms with E-state index < -0.39 is 44.4 Å². The second-order valence-corrected chi connectivity index (χ2v) is 9.22. The van der Waals surface area contributed by atoms with E-state index in [0.717, 1.165) is 25.0 Å². The van der Waals surface area contributed by atoms with Gasteiger partial charge in [0.2, 0.25) is 5.91 Å². The molecule has 2 aliphatic rings. The number of ether oxygens (including phenoxy) is 2. The van der Waals surface area contributed by atoms with E-state index in [4.69, 9.17) is 14.7 Å². The number of benzene rings is 1. The number of rotatable bonds is 5. The number of anilines is 1. The van der Waals surface area contributed by atoms with E-state index in [1.165, 1.54) is 4.90 Å². The minimum absolute atomic E-state index is 0.00643. The lowest BCUT2D eigenvalue weighted by Crippen LogP contribution is -2.48. The average Bonchev–Trinajstić information content (AvgIpc) is 3.11. The molecule has 176 valence electrons. The Bertz CT molecular complexity index is 1260. The van der Waals surface area contributed by atoms with Crippen LogP contribution < -0.4 is 9.64 Å². The molecule has 13 heteroatoms. The molecule has 12 nitrogen and oxygen atoms in total. The van der Waals surface area contributed by atoms with Crippen molar-refractivity contribution >= 4 is 31.4 Å². The number of cyclic esters (lactones) is 1. The van der Waals surface area contributed by atoms with Crippen molar-refractivity contribution in [3.05, 3.63) is 42.2 Å². The van der Waals surface area contributed by atoms with Crippen LogP contribution in [-0.4, -0.2) is 57.8 Å². The molecule has 0 spiro atoms. The molecule has 1 saturated heterocycles. The van der Waals surface area contributed by atoms with Crippen molar-refractivity contribution in [3.63, 3.8) is 0 Å². The number of nitrogens with zero attached hydrogens (tertiary/aromatic N) is 4. The van der Waals surface area contributed by atoms with Gasteiger partial charge in [-0.2, -0.15) is 5.26 Å². The van der Waals surface area contributed by atoms with Gasteiger partial charge in [0.25, 0.3) is 0 Å². The highest BCUT2D eigenvalue weighted by atomic mass is 31.2. The van der Waals surface area contributed by atoms with Gasteiger partial charge < -0.3 is 14.0 Å². The molecular formula is C21H19N4O8P. The van der Waals surface area contributed by atoms with Gasteiger partial charge in [-0.25, -0.2) is 19.0 Å². The van der Waals surface area contributed by atoms with Gasteiger partial charge in [-0.1, -0.05) is 6.07 Å². The van der Waals surface area contributed by atoms with E-state index in [1.54, 1.807) is 36.5 Å². The Kier molecular flexibility index (Phi) is 6.00. The Morgan fingerprint density at radius 1 is 1.32 bits per heavy atom. The SMILES string of the molecule is CC(=O)OP(=O)(O)N(C[C@@H]1OC(=O)N2c3ccc(-c4ccc(C#N)nc4)cc3OCC12)C(C)=O. The summed E-state index contributed by atoms with van der Waals surface area (Å²) in [6.45, 7) is 1.49. The Morgan fingerprint density at radius 3 is 2.68 bits per heavy atom. The van der Waals surface area contributed by atoms with Gasteiger partial charge in [-0.3, -0.25) is 19.4 Å². The third-order valence-corrected chi connectivity index (χ3v) is 6.87. The molecule has 1 N–H and O–H groups in total. The van der Waals surface area contributed by atoms with Gasteiger partial charge >= 0.3 is 19.8 Å². The standard InChI is InChI=1S/C21H19N4O8P/c1-12(26)24(34(29,30)33-13(2)27)10-20-18-11-31-19-7-14(15-3-5-16(8-22)23-9-15)4-6-17(19)25(18)21(28)32-20/h3-7,9,18,20H,10-11H2,1-2H3,(H,29,30)/t18?,20-/m0/s1. The van der Waals surface area contributed by atoms with E-state index in [-0.39, 0.29) is 12.3 Å². The van der Waals surface area contributed by atoms with Gasteiger partial charge in [-0.05, 0) is 29.8 Å². The zero-order chi connectivity index (χ0) is 24.6. The van der Waals surface area contributed by atoms with E-state index in [2.05, 4.69) is 9.51 Å². The molecule has 1 aromatic carbocycles. The largest absolute Gasteiger partial charge is 0.490 e.